The lowest BCUT2D eigenvalue weighted by molar-refractivity contribution is -0.118. The van der Waals surface area contributed by atoms with Crippen molar-refractivity contribution < 1.29 is 4.79 Å². The summed E-state index contributed by atoms with van der Waals surface area (Å²) >= 11 is 0. The van der Waals surface area contributed by atoms with Gasteiger partial charge in [-0.25, -0.2) is 0 Å². The Morgan fingerprint density at radius 1 is 1.47 bits per heavy atom. The van der Waals surface area contributed by atoms with Crippen LogP contribution in [0, 0.1) is 11.3 Å². The van der Waals surface area contributed by atoms with Gasteiger partial charge < -0.3 is 10.6 Å². The largest absolute Gasteiger partial charge is 0.325 e. The Kier molecular flexibility index (Phi) is 3.73. The van der Waals surface area contributed by atoms with Crippen LogP contribution in [0.5, 0.6) is 0 Å². The third-order valence-corrected chi connectivity index (χ3v) is 2.89. The molecule has 1 heterocycles. The van der Waals surface area contributed by atoms with Crippen molar-refractivity contribution >= 4 is 11.6 Å². The molecule has 1 amide bonds. The van der Waals surface area contributed by atoms with E-state index in [4.69, 9.17) is 5.26 Å². The van der Waals surface area contributed by atoms with E-state index in [0.717, 1.165) is 25.8 Å². The molecule has 1 atom stereocenters. The lowest BCUT2D eigenvalue weighted by atomic mass is 10.0. The monoisotopic (exact) mass is 229 g/mol. The van der Waals surface area contributed by atoms with Gasteiger partial charge in [-0.15, -0.1) is 0 Å². The average Bonchev–Trinajstić information content (AvgIpc) is 2.40. The van der Waals surface area contributed by atoms with Gasteiger partial charge in [0.2, 0.25) is 5.91 Å². The van der Waals surface area contributed by atoms with Crippen molar-refractivity contribution in [2.45, 2.75) is 25.3 Å². The zero-order valence-corrected chi connectivity index (χ0v) is 9.57. The Morgan fingerprint density at radius 2 is 2.35 bits per heavy atom. The van der Waals surface area contributed by atoms with Gasteiger partial charge in [0.25, 0.3) is 0 Å². The number of benzene rings is 1. The number of hydrogen-bond acceptors (Lipinski definition) is 3. The Morgan fingerprint density at radius 3 is 3.06 bits per heavy atom. The standard InChI is InChI=1S/C13H15N3O/c14-9-10-4-3-5-11(8-10)16-13(17)12-6-1-2-7-15-12/h3-5,8,12,15H,1-2,6-7H2,(H,16,17)/t12-/m0/s1. The van der Waals surface area contributed by atoms with Gasteiger partial charge in [-0.3, -0.25) is 4.79 Å². The van der Waals surface area contributed by atoms with Crippen molar-refractivity contribution in [1.29, 1.82) is 5.26 Å². The lowest BCUT2D eigenvalue weighted by Gasteiger charge is -2.22. The van der Waals surface area contributed by atoms with Crippen LogP contribution in [0.25, 0.3) is 0 Å². The molecule has 2 N–H and O–H groups in total. The number of nitrogens with zero attached hydrogens (tertiary/aromatic N) is 1. The summed E-state index contributed by atoms with van der Waals surface area (Å²) in [5, 5.41) is 14.8. The first-order valence-electron chi connectivity index (χ1n) is 5.84. The molecular weight excluding hydrogens is 214 g/mol. The van der Waals surface area contributed by atoms with Crippen LogP contribution in [0.15, 0.2) is 24.3 Å². The molecule has 4 heteroatoms. The number of carbonyl (C=O) groups excluding carboxylic acids is 1. The summed E-state index contributed by atoms with van der Waals surface area (Å²) < 4.78 is 0. The van der Waals surface area contributed by atoms with Crippen molar-refractivity contribution in [3.63, 3.8) is 0 Å². The SMILES string of the molecule is N#Cc1cccc(NC(=O)[C@@H]2CCCCN2)c1. The van der Waals surface area contributed by atoms with E-state index in [-0.39, 0.29) is 11.9 Å². The van der Waals surface area contributed by atoms with Crippen molar-refractivity contribution in [1.82, 2.24) is 5.32 Å². The van der Waals surface area contributed by atoms with Crippen LogP contribution in [-0.2, 0) is 4.79 Å². The highest BCUT2D eigenvalue weighted by molar-refractivity contribution is 5.95. The molecule has 0 aromatic heterocycles. The Labute approximate surface area is 101 Å². The van der Waals surface area contributed by atoms with Crippen molar-refractivity contribution in [2.24, 2.45) is 0 Å². The molecular formula is C13H15N3O. The molecule has 4 nitrogen and oxygen atoms in total. The minimum Gasteiger partial charge on any atom is -0.325 e. The number of piperidine rings is 1. The number of anilines is 1. The van der Waals surface area contributed by atoms with Crippen LogP contribution in [-0.4, -0.2) is 18.5 Å². The number of nitrogens with one attached hydrogen (secondary N) is 2. The molecule has 1 fully saturated rings. The molecule has 1 aliphatic rings. The van der Waals surface area contributed by atoms with Gasteiger partial charge in [-0.1, -0.05) is 12.5 Å². The summed E-state index contributed by atoms with van der Waals surface area (Å²) in [6, 6.07) is 8.91. The molecule has 1 aliphatic heterocycles. The maximum absolute atomic E-state index is 11.9. The highest BCUT2D eigenvalue weighted by atomic mass is 16.2. The fourth-order valence-corrected chi connectivity index (χ4v) is 1.97. The minimum atomic E-state index is -0.102. The summed E-state index contributed by atoms with van der Waals surface area (Å²) in [6.45, 7) is 0.899. The highest BCUT2D eigenvalue weighted by Crippen LogP contribution is 2.13. The van der Waals surface area contributed by atoms with Crippen LogP contribution < -0.4 is 10.6 Å². The number of amides is 1. The molecule has 88 valence electrons. The number of carbonyl (C=O) groups is 1. The average molecular weight is 229 g/mol. The van der Waals surface area contributed by atoms with Crippen LogP contribution in [0.1, 0.15) is 24.8 Å². The topological polar surface area (TPSA) is 64.9 Å². The summed E-state index contributed by atoms with van der Waals surface area (Å²) in [4.78, 5) is 11.9. The smallest absolute Gasteiger partial charge is 0.241 e. The number of nitriles is 1. The number of rotatable bonds is 2. The minimum absolute atomic E-state index is 0.0141. The van der Waals surface area contributed by atoms with Crippen molar-refractivity contribution in [2.75, 3.05) is 11.9 Å². The van der Waals surface area contributed by atoms with Crippen LogP contribution in [0.2, 0.25) is 0 Å². The van der Waals surface area contributed by atoms with E-state index in [0.29, 0.717) is 11.3 Å². The zero-order valence-electron chi connectivity index (χ0n) is 9.57. The molecule has 17 heavy (non-hydrogen) atoms. The van der Waals surface area contributed by atoms with Gasteiger partial charge in [0.05, 0.1) is 17.7 Å². The van der Waals surface area contributed by atoms with Crippen LogP contribution >= 0.6 is 0 Å². The van der Waals surface area contributed by atoms with E-state index in [1.54, 1.807) is 24.3 Å². The van der Waals surface area contributed by atoms with Gasteiger partial charge in [-0.2, -0.15) is 5.26 Å². The third-order valence-electron chi connectivity index (χ3n) is 2.89. The van der Waals surface area contributed by atoms with Crippen LogP contribution in [0.4, 0.5) is 5.69 Å². The lowest BCUT2D eigenvalue weighted by Crippen LogP contribution is -2.43. The van der Waals surface area contributed by atoms with Crippen LogP contribution in [0.3, 0.4) is 0 Å². The Hall–Kier alpha value is -1.86. The highest BCUT2D eigenvalue weighted by Gasteiger charge is 2.20. The van der Waals surface area contributed by atoms with Gasteiger partial charge in [0.1, 0.15) is 0 Å². The van der Waals surface area contributed by atoms with E-state index in [9.17, 15) is 4.79 Å². The summed E-state index contributed by atoms with van der Waals surface area (Å²) in [6.07, 6.45) is 3.10. The Bertz CT molecular complexity index is 444. The van der Waals surface area contributed by atoms with Gasteiger partial charge in [-0.05, 0) is 37.6 Å². The Balaban J connectivity index is 1.99. The molecule has 0 saturated carbocycles. The van der Waals surface area contributed by atoms with E-state index >= 15 is 0 Å². The van der Waals surface area contributed by atoms with E-state index in [1.807, 2.05) is 0 Å². The molecule has 0 spiro atoms. The fourth-order valence-electron chi connectivity index (χ4n) is 1.97. The molecule has 0 aliphatic carbocycles. The molecule has 0 bridgehead atoms. The van der Waals surface area contributed by atoms with Gasteiger partial charge >= 0.3 is 0 Å². The van der Waals surface area contributed by atoms with E-state index in [2.05, 4.69) is 16.7 Å². The second-order valence-electron chi connectivity index (χ2n) is 4.18. The predicted molar refractivity (Wildman–Crippen MR) is 65.4 cm³/mol. The molecule has 1 aromatic rings. The maximum Gasteiger partial charge on any atom is 0.241 e. The summed E-state index contributed by atoms with van der Waals surface area (Å²) in [5.41, 5.74) is 1.24. The van der Waals surface area contributed by atoms with E-state index < -0.39 is 0 Å². The van der Waals surface area contributed by atoms with Gasteiger partial charge in [0.15, 0.2) is 0 Å². The van der Waals surface area contributed by atoms with Crippen molar-refractivity contribution in [3.8, 4) is 6.07 Å². The first-order chi connectivity index (χ1) is 8.29. The molecule has 1 aromatic carbocycles. The van der Waals surface area contributed by atoms with Crippen molar-refractivity contribution in [3.05, 3.63) is 29.8 Å². The normalized spacial score (nSPS) is 19.4. The van der Waals surface area contributed by atoms with Gasteiger partial charge in [0, 0.05) is 5.69 Å². The third kappa shape index (κ3) is 3.05. The molecule has 1 saturated heterocycles. The second-order valence-corrected chi connectivity index (χ2v) is 4.18. The predicted octanol–water partition coefficient (Wildman–Crippen LogP) is 1.64. The first-order valence-corrected chi connectivity index (χ1v) is 5.84. The molecule has 0 radical (unpaired) electrons. The summed E-state index contributed by atoms with van der Waals surface area (Å²) in [5.74, 6) is -0.0141. The summed E-state index contributed by atoms with van der Waals surface area (Å²) in [7, 11) is 0. The number of hydrogen-bond donors (Lipinski definition) is 2. The zero-order chi connectivity index (χ0) is 12.1. The fraction of sp³-hybridized carbons (Fsp3) is 0.385. The maximum atomic E-state index is 11.9. The molecule has 0 unspecified atom stereocenters. The first kappa shape index (κ1) is 11.6. The quantitative estimate of drug-likeness (QED) is 0.810. The van der Waals surface area contributed by atoms with E-state index in [1.165, 1.54) is 0 Å². The second kappa shape index (κ2) is 5.46. The molecule has 2 rings (SSSR count).